The Morgan fingerprint density at radius 3 is 2.00 bits per heavy atom. The van der Waals surface area contributed by atoms with Gasteiger partial charge in [0.05, 0.1) is 0 Å². The fourth-order valence-corrected chi connectivity index (χ4v) is 0.801. The third-order valence-electron chi connectivity index (χ3n) is 0.739. The third-order valence-corrected chi connectivity index (χ3v) is 1.15. The molecule has 60 valence electrons. The molecule has 0 saturated heterocycles. The molecular formula is C4H4BrF3O2. The first-order chi connectivity index (χ1) is 4.39. The van der Waals surface area contributed by atoms with E-state index in [1.54, 1.807) is 0 Å². The van der Waals surface area contributed by atoms with Crippen LogP contribution in [-0.4, -0.2) is 24.1 Å². The molecule has 0 aliphatic rings. The van der Waals surface area contributed by atoms with E-state index in [1.165, 1.54) is 0 Å². The van der Waals surface area contributed by atoms with E-state index in [4.69, 9.17) is 0 Å². The zero-order valence-electron chi connectivity index (χ0n) is 4.91. The van der Waals surface area contributed by atoms with Gasteiger partial charge in [-0.25, -0.2) is 0 Å². The van der Waals surface area contributed by atoms with Crippen LogP contribution < -0.4 is 0 Å². The van der Waals surface area contributed by atoms with Crippen LogP contribution in [0.15, 0.2) is 0 Å². The van der Waals surface area contributed by atoms with E-state index in [0.29, 0.717) is 0 Å². The van der Waals surface area contributed by atoms with E-state index in [0.717, 1.165) is 7.11 Å². The molecule has 0 fully saturated rings. The van der Waals surface area contributed by atoms with Crippen LogP contribution in [0.3, 0.4) is 0 Å². The van der Waals surface area contributed by atoms with Crippen LogP contribution in [0.5, 0.6) is 0 Å². The molecule has 0 aromatic rings. The Morgan fingerprint density at radius 2 is 2.00 bits per heavy atom. The van der Waals surface area contributed by atoms with Gasteiger partial charge in [-0.2, -0.15) is 13.2 Å². The van der Waals surface area contributed by atoms with Crippen LogP contribution in [0.2, 0.25) is 0 Å². The summed E-state index contributed by atoms with van der Waals surface area (Å²) in [6.07, 6.45) is -6.98. The Balaban J connectivity index is 4.22. The molecule has 0 spiro atoms. The van der Waals surface area contributed by atoms with Crippen molar-refractivity contribution in [3.8, 4) is 0 Å². The molecule has 0 amide bonds. The SMILES string of the molecule is COC(C(=O)Br)C(F)(F)F. The lowest BCUT2D eigenvalue weighted by Crippen LogP contribution is -2.35. The summed E-state index contributed by atoms with van der Waals surface area (Å²) < 4.78 is 37.4. The molecule has 0 aliphatic carbocycles. The van der Waals surface area contributed by atoms with Crippen molar-refractivity contribution >= 4 is 20.6 Å². The molecule has 0 aromatic carbocycles. The van der Waals surface area contributed by atoms with E-state index >= 15 is 0 Å². The Bertz CT molecular complexity index is 133. The topological polar surface area (TPSA) is 26.3 Å². The molecule has 6 heteroatoms. The minimum Gasteiger partial charge on any atom is -0.364 e. The molecule has 1 unspecified atom stereocenters. The lowest BCUT2D eigenvalue weighted by molar-refractivity contribution is -0.206. The molecule has 0 bridgehead atoms. The first-order valence-corrected chi connectivity index (χ1v) is 2.97. The summed E-state index contributed by atoms with van der Waals surface area (Å²) in [5.74, 6) is 0. The summed E-state index contributed by atoms with van der Waals surface area (Å²) in [7, 11) is 0.817. The molecule has 0 aromatic heterocycles. The second-order valence-electron chi connectivity index (χ2n) is 1.46. The minimum atomic E-state index is -4.63. The van der Waals surface area contributed by atoms with E-state index in [2.05, 4.69) is 20.7 Å². The summed E-state index contributed by atoms with van der Waals surface area (Å²) >= 11 is 2.15. The highest BCUT2D eigenvalue weighted by Crippen LogP contribution is 2.24. The van der Waals surface area contributed by atoms with Gasteiger partial charge in [-0.15, -0.1) is 0 Å². The number of carbonyl (C=O) groups excluding carboxylic acids is 1. The molecule has 0 heterocycles. The van der Waals surface area contributed by atoms with Crippen molar-refractivity contribution in [3.63, 3.8) is 0 Å². The van der Waals surface area contributed by atoms with E-state index in [1.807, 2.05) is 0 Å². The van der Waals surface area contributed by atoms with Gasteiger partial charge in [0.25, 0.3) is 0 Å². The first-order valence-electron chi connectivity index (χ1n) is 2.18. The van der Waals surface area contributed by atoms with E-state index in [9.17, 15) is 18.0 Å². The normalized spacial score (nSPS) is 14.9. The fourth-order valence-electron chi connectivity index (χ4n) is 0.355. The van der Waals surface area contributed by atoms with Crippen LogP contribution in [0.4, 0.5) is 13.2 Å². The molecule has 2 nitrogen and oxygen atoms in total. The summed E-state index contributed by atoms with van der Waals surface area (Å²) in [5.41, 5.74) is 0. The smallest absolute Gasteiger partial charge is 0.364 e. The minimum absolute atomic E-state index is 0.817. The van der Waals surface area contributed by atoms with Crippen molar-refractivity contribution in [1.29, 1.82) is 0 Å². The lowest BCUT2D eigenvalue weighted by atomic mass is 10.4. The molecule has 1 atom stereocenters. The summed E-state index contributed by atoms with van der Waals surface area (Å²) in [6.45, 7) is 0. The Hall–Kier alpha value is -0.100. The highest BCUT2D eigenvalue weighted by atomic mass is 79.9. The highest BCUT2D eigenvalue weighted by molar-refractivity contribution is 9.18. The third kappa shape index (κ3) is 2.66. The van der Waals surface area contributed by atoms with Gasteiger partial charge in [0.1, 0.15) is 0 Å². The van der Waals surface area contributed by atoms with Gasteiger partial charge in [-0.1, -0.05) is 0 Å². The quantitative estimate of drug-likeness (QED) is 0.660. The van der Waals surface area contributed by atoms with Crippen molar-refractivity contribution in [2.75, 3.05) is 7.11 Å². The van der Waals surface area contributed by atoms with Crippen molar-refractivity contribution in [2.45, 2.75) is 12.3 Å². The number of alkyl halides is 3. The Morgan fingerprint density at radius 1 is 1.60 bits per heavy atom. The number of hydrogen-bond donors (Lipinski definition) is 0. The Labute approximate surface area is 63.5 Å². The van der Waals surface area contributed by atoms with E-state index in [-0.39, 0.29) is 0 Å². The monoisotopic (exact) mass is 220 g/mol. The van der Waals surface area contributed by atoms with Crippen molar-refractivity contribution in [3.05, 3.63) is 0 Å². The summed E-state index contributed by atoms with van der Waals surface area (Å²) in [6, 6.07) is 0. The zero-order valence-corrected chi connectivity index (χ0v) is 6.49. The molecule has 0 N–H and O–H groups in total. The van der Waals surface area contributed by atoms with Gasteiger partial charge in [-0.3, -0.25) is 4.79 Å². The molecular weight excluding hydrogens is 217 g/mol. The maximum absolute atomic E-state index is 11.6. The van der Waals surface area contributed by atoms with Crippen LogP contribution in [0, 0.1) is 0 Å². The first kappa shape index (κ1) is 9.90. The average molecular weight is 221 g/mol. The number of rotatable bonds is 2. The fraction of sp³-hybridized carbons (Fsp3) is 0.750. The van der Waals surface area contributed by atoms with Crippen LogP contribution in [-0.2, 0) is 9.53 Å². The number of carbonyl (C=O) groups is 1. The van der Waals surface area contributed by atoms with Crippen molar-refractivity contribution < 1.29 is 22.7 Å². The second-order valence-corrected chi connectivity index (χ2v) is 2.24. The van der Waals surface area contributed by atoms with Crippen molar-refractivity contribution in [2.24, 2.45) is 0 Å². The predicted molar refractivity (Wildman–Crippen MR) is 30.8 cm³/mol. The van der Waals surface area contributed by atoms with Gasteiger partial charge in [-0.05, 0) is 15.9 Å². The maximum atomic E-state index is 11.6. The molecule has 0 radical (unpaired) electrons. The van der Waals surface area contributed by atoms with Crippen LogP contribution in [0.25, 0.3) is 0 Å². The van der Waals surface area contributed by atoms with Gasteiger partial charge in [0, 0.05) is 7.11 Å². The maximum Gasteiger partial charge on any atom is 0.422 e. The van der Waals surface area contributed by atoms with Gasteiger partial charge >= 0.3 is 6.18 Å². The van der Waals surface area contributed by atoms with Gasteiger partial charge in [0.15, 0.2) is 0 Å². The number of halogens is 4. The predicted octanol–water partition coefficient (Wildman–Crippen LogP) is 1.49. The highest BCUT2D eigenvalue weighted by Gasteiger charge is 2.44. The number of ether oxygens (including phenoxy) is 1. The summed E-state index contributed by atoms with van der Waals surface area (Å²) in [4.78, 5) is 10.1. The standard InChI is InChI=1S/C4H4BrF3O2/c1-10-2(3(5)9)4(6,7)8/h2H,1H3. The molecule has 0 saturated carbocycles. The molecule has 10 heavy (non-hydrogen) atoms. The van der Waals surface area contributed by atoms with Crippen molar-refractivity contribution in [1.82, 2.24) is 0 Å². The molecule has 0 rings (SSSR count). The second kappa shape index (κ2) is 3.34. The number of hydrogen-bond acceptors (Lipinski definition) is 2. The van der Waals surface area contributed by atoms with E-state index < -0.39 is 17.0 Å². The number of methoxy groups -OCH3 is 1. The lowest BCUT2D eigenvalue weighted by Gasteiger charge is -2.13. The van der Waals surface area contributed by atoms with Gasteiger partial charge < -0.3 is 4.74 Å². The zero-order chi connectivity index (χ0) is 8.36. The van der Waals surface area contributed by atoms with Crippen LogP contribution in [0.1, 0.15) is 0 Å². The van der Waals surface area contributed by atoms with Gasteiger partial charge in [0.2, 0.25) is 10.8 Å². The largest absolute Gasteiger partial charge is 0.422 e. The molecule has 0 aliphatic heterocycles. The van der Waals surface area contributed by atoms with Crippen LogP contribution >= 0.6 is 15.9 Å². The average Bonchev–Trinajstić information content (AvgIpc) is 1.60. The summed E-state index contributed by atoms with van der Waals surface area (Å²) in [5, 5.41) is 0. The Kier molecular flexibility index (Phi) is 3.30.